The first-order valence-electron chi connectivity index (χ1n) is 7.85. The van der Waals surface area contributed by atoms with Crippen molar-refractivity contribution in [2.45, 2.75) is 6.92 Å². The lowest BCUT2D eigenvalue weighted by molar-refractivity contribution is 0.104. The standard InChI is InChI=1S/C19H18N2O2S2/c1-3-23-14-9-10-15-17(11-14)25-19(20-15)21-18(24-2)12-16(22)13-7-5-4-6-8-13/h4-12H,3H2,1-2H3,(H,20,21)/b18-12+. The number of allylic oxidation sites excluding steroid dienone is 1. The molecule has 0 aliphatic heterocycles. The lowest BCUT2D eigenvalue weighted by Gasteiger charge is -2.04. The van der Waals surface area contributed by atoms with E-state index in [1.165, 1.54) is 23.1 Å². The predicted molar refractivity (Wildman–Crippen MR) is 107 cm³/mol. The van der Waals surface area contributed by atoms with Gasteiger partial charge < -0.3 is 10.1 Å². The fraction of sp³-hybridized carbons (Fsp3) is 0.158. The summed E-state index contributed by atoms with van der Waals surface area (Å²) in [5.74, 6) is 0.808. The molecule has 1 N–H and O–H groups in total. The van der Waals surface area contributed by atoms with Gasteiger partial charge in [0, 0.05) is 11.6 Å². The Morgan fingerprint density at radius 2 is 2.08 bits per heavy atom. The van der Waals surface area contributed by atoms with Crippen molar-refractivity contribution in [2.24, 2.45) is 0 Å². The number of nitrogens with one attached hydrogen (secondary N) is 1. The number of rotatable bonds is 7. The summed E-state index contributed by atoms with van der Waals surface area (Å²) in [6.45, 7) is 2.60. The molecule has 0 atom stereocenters. The van der Waals surface area contributed by atoms with Gasteiger partial charge in [0.2, 0.25) is 0 Å². The average molecular weight is 370 g/mol. The summed E-state index contributed by atoms with van der Waals surface area (Å²) in [6.07, 6.45) is 3.54. The van der Waals surface area contributed by atoms with Crippen LogP contribution in [0.3, 0.4) is 0 Å². The van der Waals surface area contributed by atoms with Gasteiger partial charge in [0.05, 0.1) is 21.9 Å². The third-order valence-corrected chi connectivity index (χ3v) is 5.03. The smallest absolute Gasteiger partial charge is 0.188 e. The molecule has 3 aromatic rings. The van der Waals surface area contributed by atoms with Crippen LogP contribution in [-0.2, 0) is 0 Å². The summed E-state index contributed by atoms with van der Waals surface area (Å²) in [6, 6.07) is 15.1. The highest BCUT2D eigenvalue weighted by molar-refractivity contribution is 8.02. The van der Waals surface area contributed by atoms with Gasteiger partial charge in [0.15, 0.2) is 10.9 Å². The summed E-state index contributed by atoms with van der Waals surface area (Å²) in [7, 11) is 0. The Morgan fingerprint density at radius 3 is 2.80 bits per heavy atom. The van der Waals surface area contributed by atoms with Crippen molar-refractivity contribution in [1.82, 2.24) is 4.98 Å². The second kappa shape index (κ2) is 8.18. The van der Waals surface area contributed by atoms with Gasteiger partial charge >= 0.3 is 0 Å². The van der Waals surface area contributed by atoms with E-state index in [0.717, 1.165) is 26.1 Å². The number of fused-ring (bicyclic) bond motifs is 1. The number of ether oxygens (including phenoxy) is 1. The highest BCUT2D eigenvalue weighted by Gasteiger charge is 2.09. The van der Waals surface area contributed by atoms with Crippen LogP contribution < -0.4 is 10.1 Å². The van der Waals surface area contributed by atoms with Crippen LogP contribution in [0.5, 0.6) is 5.75 Å². The predicted octanol–water partition coefficient (Wildman–Crippen LogP) is 5.19. The Bertz CT molecular complexity index is 904. The molecule has 0 fully saturated rings. The largest absolute Gasteiger partial charge is 0.494 e. The van der Waals surface area contributed by atoms with Crippen molar-refractivity contribution in [1.29, 1.82) is 0 Å². The Morgan fingerprint density at radius 1 is 1.28 bits per heavy atom. The van der Waals surface area contributed by atoms with Crippen molar-refractivity contribution in [3.8, 4) is 5.75 Å². The highest BCUT2D eigenvalue weighted by atomic mass is 32.2. The number of thioether (sulfide) groups is 1. The summed E-state index contributed by atoms with van der Waals surface area (Å²) < 4.78 is 6.57. The van der Waals surface area contributed by atoms with Crippen molar-refractivity contribution >= 4 is 44.2 Å². The molecule has 0 amide bonds. The van der Waals surface area contributed by atoms with Gasteiger partial charge in [0.25, 0.3) is 0 Å². The molecule has 6 heteroatoms. The highest BCUT2D eigenvalue weighted by Crippen LogP contribution is 2.31. The molecule has 0 spiro atoms. The van der Waals surface area contributed by atoms with Gasteiger partial charge in [-0.2, -0.15) is 0 Å². The van der Waals surface area contributed by atoms with Gasteiger partial charge in [-0.25, -0.2) is 4.98 Å². The van der Waals surface area contributed by atoms with Crippen molar-refractivity contribution in [2.75, 3.05) is 18.2 Å². The van der Waals surface area contributed by atoms with Gasteiger partial charge in [-0.05, 0) is 31.4 Å². The minimum absolute atomic E-state index is 0.0304. The summed E-state index contributed by atoms with van der Waals surface area (Å²) >= 11 is 3.02. The molecule has 0 aliphatic carbocycles. The zero-order valence-electron chi connectivity index (χ0n) is 14.0. The third-order valence-electron chi connectivity index (χ3n) is 3.44. The number of carbonyl (C=O) groups is 1. The van der Waals surface area contributed by atoms with Crippen LogP contribution in [-0.4, -0.2) is 23.6 Å². The summed E-state index contributed by atoms with van der Waals surface area (Å²) in [5, 5.41) is 4.76. The number of hydrogen-bond acceptors (Lipinski definition) is 6. The molecule has 4 nitrogen and oxygen atoms in total. The van der Waals surface area contributed by atoms with Crippen molar-refractivity contribution in [3.63, 3.8) is 0 Å². The number of aromatic nitrogens is 1. The normalized spacial score (nSPS) is 11.5. The van der Waals surface area contributed by atoms with E-state index in [2.05, 4.69) is 10.3 Å². The number of anilines is 1. The van der Waals surface area contributed by atoms with Crippen LogP contribution in [0.25, 0.3) is 10.2 Å². The zero-order valence-corrected chi connectivity index (χ0v) is 15.6. The molecule has 0 bridgehead atoms. The van der Waals surface area contributed by atoms with Crippen molar-refractivity contribution < 1.29 is 9.53 Å². The van der Waals surface area contributed by atoms with E-state index < -0.39 is 0 Å². The maximum atomic E-state index is 12.3. The van der Waals surface area contributed by atoms with Gasteiger partial charge in [-0.1, -0.05) is 41.7 Å². The van der Waals surface area contributed by atoms with Gasteiger partial charge in [-0.15, -0.1) is 11.8 Å². The third kappa shape index (κ3) is 4.41. The number of carbonyl (C=O) groups excluding carboxylic acids is 1. The summed E-state index contributed by atoms with van der Waals surface area (Å²) in [4.78, 5) is 16.9. The van der Waals surface area contributed by atoms with E-state index in [0.29, 0.717) is 12.2 Å². The fourth-order valence-electron chi connectivity index (χ4n) is 2.27. The molecule has 2 aromatic carbocycles. The minimum Gasteiger partial charge on any atom is -0.494 e. The maximum absolute atomic E-state index is 12.3. The average Bonchev–Trinajstić information content (AvgIpc) is 3.03. The molecular formula is C19H18N2O2S2. The first-order valence-corrected chi connectivity index (χ1v) is 9.89. The molecule has 25 heavy (non-hydrogen) atoms. The molecule has 0 aliphatic rings. The van der Waals surface area contributed by atoms with E-state index in [1.54, 1.807) is 6.08 Å². The topological polar surface area (TPSA) is 51.2 Å². The van der Waals surface area contributed by atoms with Crippen LogP contribution >= 0.6 is 23.1 Å². The Labute approximate surface area is 154 Å². The quantitative estimate of drug-likeness (QED) is 0.458. The van der Waals surface area contributed by atoms with Crippen LogP contribution in [0.15, 0.2) is 59.6 Å². The SMILES string of the molecule is CCOc1ccc2nc(N/C(=C\C(=O)c3ccccc3)SC)sc2c1. The molecule has 0 unspecified atom stereocenters. The molecule has 3 rings (SSSR count). The maximum Gasteiger partial charge on any atom is 0.188 e. The molecule has 1 heterocycles. The van der Waals surface area contributed by atoms with E-state index in [9.17, 15) is 4.79 Å². The first kappa shape index (κ1) is 17.5. The molecule has 0 saturated carbocycles. The zero-order chi connectivity index (χ0) is 17.6. The summed E-state index contributed by atoms with van der Waals surface area (Å²) in [5.41, 5.74) is 1.58. The number of ketones is 1. The van der Waals surface area contributed by atoms with Crippen LogP contribution in [0.4, 0.5) is 5.13 Å². The molecule has 0 radical (unpaired) electrons. The van der Waals surface area contributed by atoms with Gasteiger partial charge in [0.1, 0.15) is 5.75 Å². The molecule has 1 aromatic heterocycles. The van der Waals surface area contributed by atoms with Crippen LogP contribution in [0.2, 0.25) is 0 Å². The van der Waals surface area contributed by atoms with E-state index in [1.807, 2.05) is 61.7 Å². The fourth-order valence-corrected chi connectivity index (χ4v) is 3.67. The second-order valence-corrected chi connectivity index (χ2v) is 7.03. The first-order chi connectivity index (χ1) is 12.2. The number of thiazole rings is 1. The Hall–Kier alpha value is -2.31. The van der Waals surface area contributed by atoms with Crippen LogP contribution in [0.1, 0.15) is 17.3 Å². The van der Waals surface area contributed by atoms with Crippen molar-refractivity contribution in [3.05, 3.63) is 65.2 Å². The van der Waals surface area contributed by atoms with E-state index in [-0.39, 0.29) is 5.78 Å². The molecule has 0 saturated heterocycles. The molecular weight excluding hydrogens is 352 g/mol. The second-order valence-electron chi connectivity index (χ2n) is 5.15. The Balaban J connectivity index is 1.80. The van der Waals surface area contributed by atoms with E-state index in [4.69, 9.17) is 4.74 Å². The number of benzene rings is 2. The lowest BCUT2D eigenvalue weighted by Crippen LogP contribution is -2.01. The van der Waals surface area contributed by atoms with Gasteiger partial charge in [-0.3, -0.25) is 4.79 Å². The number of hydrogen-bond donors (Lipinski definition) is 1. The van der Waals surface area contributed by atoms with E-state index >= 15 is 0 Å². The van der Waals surface area contributed by atoms with Crippen LogP contribution in [0, 0.1) is 0 Å². The minimum atomic E-state index is -0.0304. The number of nitrogens with zero attached hydrogens (tertiary/aromatic N) is 1. The monoisotopic (exact) mass is 370 g/mol. The Kier molecular flexibility index (Phi) is 5.73. The molecule has 128 valence electrons. The lowest BCUT2D eigenvalue weighted by atomic mass is 10.1.